The zero-order chi connectivity index (χ0) is 21.4. The summed E-state index contributed by atoms with van der Waals surface area (Å²) >= 11 is 5.68. The highest BCUT2D eigenvalue weighted by Gasteiger charge is 2.15. The molecule has 0 atom stereocenters. The lowest BCUT2D eigenvalue weighted by Gasteiger charge is -2.29. The standard InChI is InChI=1S/C23H36N4OS/c1-6-9-10-24-23(29)27(12-11-26(7-2)8-3)16-20-15-19-14-17(4)13-18(5)21(19)25-22(20)28/h13-15H,6-12,16H2,1-5H3,(H,24,29)(H,25,28). The monoisotopic (exact) mass is 416 g/mol. The Morgan fingerprint density at radius 2 is 1.83 bits per heavy atom. The Kier molecular flexibility index (Phi) is 9.11. The Morgan fingerprint density at radius 1 is 1.10 bits per heavy atom. The van der Waals surface area contributed by atoms with Gasteiger partial charge in [-0.3, -0.25) is 4.79 Å². The van der Waals surface area contributed by atoms with E-state index in [1.165, 1.54) is 5.56 Å². The second kappa shape index (κ2) is 11.3. The molecule has 0 spiro atoms. The first-order chi connectivity index (χ1) is 13.9. The smallest absolute Gasteiger partial charge is 0.253 e. The van der Waals surface area contributed by atoms with Crippen LogP contribution in [0.3, 0.4) is 0 Å². The second-order valence-electron chi connectivity index (χ2n) is 7.70. The van der Waals surface area contributed by atoms with Gasteiger partial charge >= 0.3 is 0 Å². The minimum Gasteiger partial charge on any atom is -0.363 e. The quantitative estimate of drug-likeness (QED) is 0.453. The van der Waals surface area contributed by atoms with Gasteiger partial charge in [-0.15, -0.1) is 0 Å². The van der Waals surface area contributed by atoms with E-state index in [2.05, 4.69) is 59.9 Å². The predicted octanol–water partition coefficient (Wildman–Crippen LogP) is 3.96. The van der Waals surface area contributed by atoms with Crippen LogP contribution in [0.1, 0.15) is 50.3 Å². The summed E-state index contributed by atoms with van der Waals surface area (Å²) in [5.41, 5.74) is 3.93. The lowest BCUT2D eigenvalue weighted by molar-refractivity contribution is 0.263. The molecule has 0 aliphatic carbocycles. The van der Waals surface area contributed by atoms with Gasteiger partial charge in [0.1, 0.15) is 0 Å². The third kappa shape index (κ3) is 6.54. The van der Waals surface area contributed by atoms with E-state index in [9.17, 15) is 4.79 Å². The molecule has 0 saturated carbocycles. The molecule has 0 saturated heterocycles. The zero-order valence-electron chi connectivity index (χ0n) is 18.6. The fourth-order valence-electron chi connectivity index (χ4n) is 3.59. The van der Waals surface area contributed by atoms with E-state index in [1.54, 1.807) is 0 Å². The van der Waals surface area contributed by atoms with Gasteiger partial charge in [0, 0.05) is 25.2 Å². The maximum Gasteiger partial charge on any atom is 0.253 e. The second-order valence-corrected chi connectivity index (χ2v) is 8.09. The molecule has 1 heterocycles. The minimum absolute atomic E-state index is 0.0337. The van der Waals surface area contributed by atoms with E-state index in [0.29, 0.717) is 6.54 Å². The first kappa shape index (κ1) is 23.4. The molecular formula is C23H36N4OS. The van der Waals surface area contributed by atoms with Crippen LogP contribution in [-0.2, 0) is 6.54 Å². The van der Waals surface area contributed by atoms with Gasteiger partial charge < -0.3 is 20.1 Å². The Balaban J connectivity index is 2.27. The van der Waals surface area contributed by atoms with Crippen molar-refractivity contribution >= 4 is 28.2 Å². The van der Waals surface area contributed by atoms with E-state index >= 15 is 0 Å². The van der Waals surface area contributed by atoms with Crippen molar-refractivity contribution in [3.8, 4) is 0 Å². The van der Waals surface area contributed by atoms with Crippen molar-refractivity contribution < 1.29 is 0 Å². The Labute approximate surface area is 180 Å². The van der Waals surface area contributed by atoms with Crippen LogP contribution >= 0.6 is 12.2 Å². The largest absolute Gasteiger partial charge is 0.363 e. The number of H-pyrrole nitrogens is 1. The molecule has 0 amide bonds. The van der Waals surface area contributed by atoms with E-state index in [0.717, 1.165) is 72.7 Å². The van der Waals surface area contributed by atoms with Crippen molar-refractivity contribution in [2.45, 2.75) is 54.0 Å². The SMILES string of the molecule is CCCCNC(=S)N(CCN(CC)CC)Cc1cc2cc(C)cc(C)c2[nH]c1=O. The number of rotatable bonds is 10. The van der Waals surface area contributed by atoms with E-state index in [1.807, 2.05) is 13.0 Å². The summed E-state index contributed by atoms with van der Waals surface area (Å²) in [6.45, 7) is 15.7. The van der Waals surface area contributed by atoms with Crippen LogP contribution in [-0.4, -0.2) is 52.6 Å². The number of thiocarbonyl (C=S) groups is 1. The Hall–Kier alpha value is -1.92. The summed E-state index contributed by atoms with van der Waals surface area (Å²) in [4.78, 5) is 20.4. The summed E-state index contributed by atoms with van der Waals surface area (Å²) in [6, 6.07) is 6.24. The molecule has 0 fully saturated rings. The normalized spacial score (nSPS) is 11.2. The summed E-state index contributed by atoms with van der Waals surface area (Å²) in [5, 5.41) is 5.17. The number of nitrogens with one attached hydrogen (secondary N) is 2. The van der Waals surface area contributed by atoms with Crippen LogP contribution in [0, 0.1) is 13.8 Å². The molecule has 0 aliphatic heterocycles. The van der Waals surface area contributed by atoms with E-state index in [-0.39, 0.29) is 5.56 Å². The molecule has 0 unspecified atom stereocenters. The summed E-state index contributed by atoms with van der Waals surface area (Å²) in [6.07, 6.45) is 2.21. The lowest BCUT2D eigenvalue weighted by Crippen LogP contribution is -2.44. The molecule has 2 aromatic rings. The van der Waals surface area contributed by atoms with Gasteiger partial charge in [0.05, 0.1) is 12.1 Å². The van der Waals surface area contributed by atoms with Crippen LogP contribution in [0.2, 0.25) is 0 Å². The number of pyridine rings is 1. The summed E-state index contributed by atoms with van der Waals surface area (Å²) in [7, 11) is 0. The first-order valence-electron chi connectivity index (χ1n) is 10.8. The van der Waals surface area contributed by atoms with Crippen LogP contribution in [0.4, 0.5) is 0 Å². The molecule has 6 heteroatoms. The molecule has 1 aromatic carbocycles. The molecule has 0 aliphatic rings. The van der Waals surface area contributed by atoms with E-state index < -0.39 is 0 Å². The van der Waals surface area contributed by atoms with Gasteiger partial charge in [-0.05, 0) is 68.7 Å². The lowest BCUT2D eigenvalue weighted by atomic mass is 10.1. The molecule has 2 rings (SSSR count). The third-order valence-electron chi connectivity index (χ3n) is 5.41. The Bertz CT molecular complexity index is 873. The fourth-order valence-corrected chi connectivity index (χ4v) is 3.85. The highest BCUT2D eigenvalue weighted by Crippen LogP contribution is 2.18. The van der Waals surface area contributed by atoms with E-state index in [4.69, 9.17) is 12.2 Å². The van der Waals surface area contributed by atoms with Crippen molar-refractivity contribution in [2.24, 2.45) is 0 Å². The van der Waals surface area contributed by atoms with Crippen LogP contribution < -0.4 is 10.9 Å². The zero-order valence-corrected chi connectivity index (χ0v) is 19.4. The number of hydrogen-bond donors (Lipinski definition) is 2. The number of unbranched alkanes of at least 4 members (excludes halogenated alkanes) is 1. The number of aromatic nitrogens is 1. The van der Waals surface area contributed by atoms with Gasteiger partial charge in [0.2, 0.25) is 0 Å². The topological polar surface area (TPSA) is 51.4 Å². The highest BCUT2D eigenvalue weighted by molar-refractivity contribution is 7.80. The summed E-state index contributed by atoms with van der Waals surface area (Å²) < 4.78 is 0. The maximum atomic E-state index is 12.8. The predicted molar refractivity (Wildman–Crippen MR) is 128 cm³/mol. The molecular weight excluding hydrogens is 380 g/mol. The number of hydrogen-bond acceptors (Lipinski definition) is 3. The van der Waals surface area contributed by atoms with Crippen molar-refractivity contribution in [3.05, 3.63) is 45.2 Å². The molecule has 0 radical (unpaired) electrons. The van der Waals surface area contributed by atoms with Gasteiger partial charge in [0.25, 0.3) is 5.56 Å². The maximum absolute atomic E-state index is 12.8. The van der Waals surface area contributed by atoms with Crippen LogP contribution in [0.5, 0.6) is 0 Å². The molecule has 29 heavy (non-hydrogen) atoms. The van der Waals surface area contributed by atoms with Gasteiger partial charge in [-0.2, -0.15) is 0 Å². The molecule has 2 N–H and O–H groups in total. The number of aryl methyl sites for hydroxylation is 2. The van der Waals surface area contributed by atoms with Gasteiger partial charge in [0.15, 0.2) is 5.11 Å². The number of benzene rings is 1. The fraction of sp³-hybridized carbons (Fsp3) is 0.565. The molecule has 5 nitrogen and oxygen atoms in total. The summed E-state index contributed by atoms with van der Waals surface area (Å²) in [5.74, 6) is 0. The van der Waals surface area contributed by atoms with Gasteiger partial charge in [-0.25, -0.2) is 0 Å². The number of likely N-dealkylation sites (N-methyl/N-ethyl adjacent to an activating group) is 1. The van der Waals surface area contributed by atoms with Crippen molar-refractivity contribution in [3.63, 3.8) is 0 Å². The van der Waals surface area contributed by atoms with Crippen LogP contribution in [0.25, 0.3) is 10.9 Å². The number of aromatic amines is 1. The minimum atomic E-state index is -0.0337. The van der Waals surface area contributed by atoms with Crippen molar-refractivity contribution in [1.29, 1.82) is 0 Å². The van der Waals surface area contributed by atoms with Crippen molar-refractivity contribution in [1.82, 2.24) is 20.1 Å². The third-order valence-corrected chi connectivity index (χ3v) is 5.81. The molecule has 0 bridgehead atoms. The number of nitrogens with zero attached hydrogens (tertiary/aromatic N) is 2. The highest BCUT2D eigenvalue weighted by atomic mass is 32.1. The average Bonchev–Trinajstić information content (AvgIpc) is 2.68. The van der Waals surface area contributed by atoms with Gasteiger partial charge in [-0.1, -0.05) is 38.8 Å². The number of fused-ring (bicyclic) bond motifs is 1. The van der Waals surface area contributed by atoms with Crippen molar-refractivity contribution in [2.75, 3.05) is 32.7 Å². The Morgan fingerprint density at radius 3 is 2.48 bits per heavy atom. The molecule has 1 aromatic heterocycles. The molecule has 160 valence electrons. The average molecular weight is 417 g/mol. The van der Waals surface area contributed by atoms with Crippen LogP contribution in [0.15, 0.2) is 23.0 Å². The first-order valence-corrected chi connectivity index (χ1v) is 11.2.